The van der Waals surface area contributed by atoms with Crippen LogP contribution in [0.5, 0.6) is 0 Å². The van der Waals surface area contributed by atoms with Crippen molar-refractivity contribution in [1.82, 2.24) is 5.32 Å². The van der Waals surface area contributed by atoms with E-state index in [1.807, 2.05) is 6.08 Å². The van der Waals surface area contributed by atoms with Gasteiger partial charge >= 0.3 is 0 Å². The topological polar surface area (TPSA) is 69.6 Å². The van der Waals surface area contributed by atoms with Crippen LogP contribution in [-0.4, -0.2) is 34.9 Å². The molecule has 0 bridgehead atoms. The van der Waals surface area contributed by atoms with Crippen LogP contribution >= 0.6 is 0 Å². The average Bonchev–Trinajstić information content (AvgIpc) is 3.06. The van der Waals surface area contributed by atoms with Crippen molar-refractivity contribution in [2.45, 2.75) is 219 Å². The lowest BCUT2D eigenvalue weighted by Crippen LogP contribution is -2.45. The molecule has 0 rings (SSSR count). The van der Waals surface area contributed by atoms with Gasteiger partial charge in [0.15, 0.2) is 0 Å². The quantitative estimate of drug-likeness (QED) is 0.0469. The summed E-state index contributed by atoms with van der Waals surface area (Å²) in [5.41, 5.74) is 0. The first-order chi connectivity index (χ1) is 22.7. The van der Waals surface area contributed by atoms with E-state index in [2.05, 4.69) is 43.5 Å². The number of hydrogen-bond donors (Lipinski definition) is 3. The average molecular weight is 646 g/mol. The van der Waals surface area contributed by atoms with E-state index in [1.165, 1.54) is 141 Å². The van der Waals surface area contributed by atoms with Gasteiger partial charge in [0.05, 0.1) is 18.8 Å². The first-order valence-electron chi connectivity index (χ1n) is 20.2. The minimum atomic E-state index is -0.865. The molecule has 2 unspecified atom stereocenters. The van der Waals surface area contributed by atoms with Crippen molar-refractivity contribution in [3.8, 4) is 0 Å². The summed E-state index contributed by atoms with van der Waals surface area (Å²) >= 11 is 0. The van der Waals surface area contributed by atoms with Crippen LogP contribution in [0.2, 0.25) is 0 Å². The Labute approximate surface area is 287 Å². The molecule has 0 aliphatic rings. The second-order valence-electron chi connectivity index (χ2n) is 13.7. The van der Waals surface area contributed by atoms with Crippen LogP contribution in [0.15, 0.2) is 36.5 Å². The maximum Gasteiger partial charge on any atom is 0.220 e. The van der Waals surface area contributed by atoms with Crippen molar-refractivity contribution >= 4 is 5.91 Å². The normalized spacial score (nSPS) is 13.4. The molecule has 46 heavy (non-hydrogen) atoms. The molecule has 4 heteroatoms. The third-order valence-corrected chi connectivity index (χ3v) is 9.08. The van der Waals surface area contributed by atoms with Crippen LogP contribution in [0.4, 0.5) is 0 Å². The Bertz CT molecular complexity index is 701. The SMILES string of the molecule is CCC/C=C/CC/C=C/CC/C=C/C(O)C(CO)NC(=O)CCCCCCCCCCCCCCCCCCCCCCCCC. The molecule has 0 aromatic carbocycles. The molecule has 0 aromatic heterocycles. The minimum Gasteiger partial charge on any atom is -0.394 e. The summed E-state index contributed by atoms with van der Waals surface area (Å²) in [5, 5.41) is 22.8. The molecule has 0 aromatic rings. The highest BCUT2D eigenvalue weighted by Gasteiger charge is 2.17. The van der Waals surface area contributed by atoms with Crippen molar-refractivity contribution in [3.05, 3.63) is 36.5 Å². The van der Waals surface area contributed by atoms with Crippen LogP contribution in [0.3, 0.4) is 0 Å². The van der Waals surface area contributed by atoms with E-state index in [0.29, 0.717) is 6.42 Å². The number of allylic oxidation sites excluding steroid dienone is 5. The highest BCUT2D eigenvalue weighted by molar-refractivity contribution is 5.76. The number of hydrogen-bond acceptors (Lipinski definition) is 3. The number of rotatable bonds is 36. The van der Waals surface area contributed by atoms with E-state index in [1.54, 1.807) is 6.08 Å². The number of nitrogens with one attached hydrogen (secondary N) is 1. The van der Waals surface area contributed by atoms with Crippen LogP contribution < -0.4 is 5.32 Å². The van der Waals surface area contributed by atoms with Gasteiger partial charge in [-0.2, -0.15) is 0 Å². The van der Waals surface area contributed by atoms with E-state index in [9.17, 15) is 15.0 Å². The Balaban J connectivity index is 3.52. The lowest BCUT2D eigenvalue weighted by atomic mass is 10.0. The van der Waals surface area contributed by atoms with E-state index in [0.717, 1.165) is 44.9 Å². The second kappa shape index (κ2) is 38.1. The summed E-state index contributed by atoms with van der Waals surface area (Å²) in [6, 6.07) is -0.640. The maximum absolute atomic E-state index is 12.3. The molecule has 1 amide bonds. The standard InChI is InChI=1S/C42H79NO3/c1-3-5-7-9-11-13-15-16-17-18-19-20-21-22-23-24-25-26-28-30-32-34-36-38-42(46)43-40(39-44)41(45)37-35-33-31-29-27-14-12-10-8-6-4-2/h8,10,27,29,35,37,40-41,44-45H,3-7,9,11-26,28,30-34,36,38-39H2,1-2H3,(H,43,46)/b10-8+,29-27+,37-35+. The Morgan fingerprint density at radius 2 is 0.848 bits per heavy atom. The summed E-state index contributed by atoms with van der Waals surface area (Å²) < 4.78 is 0. The monoisotopic (exact) mass is 646 g/mol. The number of amides is 1. The molecular formula is C42H79NO3. The fraction of sp³-hybridized carbons (Fsp3) is 0.833. The summed E-state index contributed by atoms with van der Waals surface area (Å²) in [7, 11) is 0. The van der Waals surface area contributed by atoms with Gasteiger partial charge in [0.25, 0.3) is 0 Å². The lowest BCUT2D eigenvalue weighted by molar-refractivity contribution is -0.123. The summed E-state index contributed by atoms with van der Waals surface area (Å²) in [5.74, 6) is -0.0779. The van der Waals surface area contributed by atoms with Crippen LogP contribution in [0.1, 0.15) is 206 Å². The third-order valence-electron chi connectivity index (χ3n) is 9.08. The summed E-state index contributed by atoms with van der Waals surface area (Å²) in [4.78, 5) is 12.3. The zero-order valence-electron chi connectivity index (χ0n) is 30.8. The van der Waals surface area contributed by atoms with Gasteiger partial charge in [-0.1, -0.05) is 198 Å². The van der Waals surface area contributed by atoms with Gasteiger partial charge in [-0.15, -0.1) is 0 Å². The van der Waals surface area contributed by atoms with E-state index in [4.69, 9.17) is 0 Å². The van der Waals surface area contributed by atoms with Crippen molar-refractivity contribution in [2.24, 2.45) is 0 Å². The molecule has 0 saturated heterocycles. The zero-order valence-corrected chi connectivity index (χ0v) is 30.8. The summed E-state index contributed by atoms with van der Waals surface area (Å²) in [6.07, 6.45) is 49.7. The maximum atomic E-state index is 12.3. The van der Waals surface area contributed by atoms with Gasteiger partial charge in [-0.05, 0) is 38.5 Å². The van der Waals surface area contributed by atoms with Crippen LogP contribution in [-0.2, 0) is 4.79 Å². The Morgan fingerprint density at radius 1 is 0.500 bits per heavy atom. The second-order valence-corrected chi connectivity index (χ2v) is 13.7. The smallest absolute Gasteiger partial charge is 0.220 e. The minimum absolute atomic E-state index is 0.0779. The molecule has 0 radical (unpaired) electrons. The fourth-order valence-corrected chi connectivity index (χ4v) is 5.98. The van der Waals surface area contributed by atoms with Crippen molar-refractivity contribution in [2.75, 3.05) is 6.61 Å². The van der Waals surface area contributed by atoms with Crippen molar-refractivity contribution < 1.29 is 15.0 Å². The number of aliphatic hydroxyl groups excluding tert-OH is 2. The molecule has 2 atom stereocenters. The summed E-state index contributed by atoms with van der Waals surface area (Å²) in [6.45, 7) is 4.22. The predicted molar refractivity (Wildman–Crippen MR) is 202 cm³/mol. The molecule has 0 fully saturated rings. The van der Waals surface area contributed by atoms with E-state index < -0.39 is 12.1 Å². The van der Waals surface area contributed by atoms with Crippen LogP contribution in [0, 0.1) is 0 Å². The largest absolute Gasteiger partial charge is 0.394 e. The third kappa shape index (κ3) is 34.0. The highest BCUT2D eigenvalue weighted by Crippen LogP contribution is 2.16. The molecule has 0 heterocycles. The van der Waals surface area contributed by atoms with Gasteiger partial charge < -0.3 is 15.5 Å². The lowest BCUT2D eigenvalue weighted by Gasteiger charge is -2.19. The van der Waals surface area contributed by atoms with Crippen molar-refractivity contribution in [1.29, 1.82) is 0 Å². The zero-order chi connectivity index (χ0) is 33.6. The molecular weight excluding hydrogens is 566 g/mol. The van der Waals surface area contributed by atoms with Gasteiger partial charge in [0, 0.05) is 6.42 Å². The molecule has 0 spiro atoms. The van der Waals surface area contributed by atoms with Crippen molar-refractivity contribution in [3.63, 3.8) is 0 Å². The Morgan fingerprint density at radius 3 is 1.22 bits per heavy atom. The molecule has 270 valence electrons. The van der Waals surface area contributed by atoms with Crippen LogP contribution in [0.25, 0.3) is 0 Å². The molecule has 0 saturated carbocycles. The molecule has 4 nitrogen and oxygen atoms in total. The fourth-order valence-electron chi connectivity index (χ4n) is 5.98. The van der Waals surface area contributed by atoms with Gasteiger partial charge in [0.1, 0.15) is 0 Å². The molecule has 0 aliphatic heterocycles. The van der Waals surface area contributed by atoms with Gasteiger partial charge in [-0.25, -0.2) is 0 Å². The number of aliphatic hydroxyl groups is 2. The first-order valence-corrected chi connectivity index (χ1v) is 20.2. The Hall–Kier alpha value is -1.39. The molecule has 0 aliphatic carbocycles. The number of unbranched alkanes of at least 4 members (excludes halogenated alkanes) is 25. The first kappa shape index (κ1) is 44.6. The highest BCUT2D eigenvalue weighted by atomic mass is 16.3. The predicted octanol–water partition coefficient (Wildman–Crippen LogP) is 12.2. The molecule has 3 N–H and O–H groups in total. The van der Waals surface area contributed by atoms with E-state index >= 15 is 0 Å². The van der Waals surface area contributed by atoms with E-state index in [-0.39, 0.29) is 12.5 Å². The Kier molecular flexibility index (Phi) is 36.9. The number of carbonyl (C=O) groups is 1. The number of carbonyl (C=O) groups excluding carboxylic acids is 1. The van der Waals surface area contributed by atoms with Gasteiger partial charge in [0.2, 0.25) is 5.91 Å². The van der Waals surface area contributed by atoms with Gasteiger partial charge in [-0.3, -0.25) is 4.79 Å².